The van der Waals surface area contributed by atoms with Gasteiger partial charge in [-0.15, -0.1) is 0 Å². The third kappa shape index (κ3) is 5.77. The Hall–Kier alpha value is -4.43. The number of carbonyl (C=O) groups excluding carboxylic acids is 1. The zero-order chi connectivity index (χ0) is 28.1. The normalized spacial score (nSPS) is 11.7. The summed E-state index contributed by atoms with van der Waals surface area (Å²) in [5.74, 6) is 0.988. The summed E-state index contributed by atoms with van der Waals surface area (Å²) in [5, 5.41) is 3.50. The van der Waals surface area contributed by atoms with Crippen LogP contribution in [0.15, 0.2) is 112 Å². The molecule has 0 aliphatic carbocycles. The van der Waals surface area contributed by atoms with Crippen LogP contribution in [0.1, 0.15) is 31.3 Å². The zero-order valence-corrected chi connectivity index (χ0v) is 23.8. The van der Waals surface area contributed by atoms with Gasteiger partial charge in [0, 0.05) is 16.7 Å². The molecule has 0 saturated carbocycles. The molecule has 5 aromatic rings. The van der Waals surface area contributed by atoms with Crippen LogP contribution >= 0.6 is 15.9 Å². The van der Waals surface area contributed by atoms with E-state index in [2.05, 4.69) is 21.2 Å². The number of ether oxygens (including phenoxy) is 1. The summed E-state index contributed by atoms with van der Waals surface area (Å²) >= 11 is 3.47. The fourth-order valence-corrected chi connectivity index (χ4v) is 5.05. The smallest absolute Gasteiger partial charge is 0.322 e. The van der Waals surface area contributed by atoms with Crippen LogP contribution in [0.2, 0.25) is 0 Å². The van der Waals surface area contributed by atoms with Crippen molar-refractivity contribution >= 4 is 38.6 Å². The Morgan fingerprint density at radius 2 is 1.70 bits per heavy atom. The summed E-state index contributed by atoms with van der Waals surface area (Å²) in [4.78, 5) is 34.5. The Balaban J connectivity index is 1.67. The van der Waals surface area contributed by atoms with Crippen LogP contribution in [0.25, 0.3) is 16.6 Å². The number of hydrogen-bond donors (Lipinski definition) is 1. The van der Waals surface area contributed by atoms with Crippen molar-refractivity contribution in [1.29, 1.82) is 0 Å². The number of rotatable bonds is 8. The van der Waals surface area contributed by atoms with E-state index in [0.29, 0.717) is 47.0 Å². The second kappa shape index (κ2) is 12.2. The highest BCUT2D eigenvalue weighted by Gasteiger charge is 2.28. The summed E-state index contributed by atoms with van der Waals surface area (Å²) in [6.07, 6.45) is 0. The lowest BCUT2D eigenvalue weighted by atomic mass is 10.1. The quantitative estimate of drug-likeness (QED) is 0.203. The van der Waals surface area contributed by atoms with Crippen LogP contribution in [-0.2, 0) is 6.54 Å². The minimum atomic E-state index is -0.598. The van der Waals surface area contributed by atoms with E-state index in [0.717, 1.165) is 10.0 Å². The van der Waals surface area contributed by atoms with Crippen molar-refractivity contribution in [3.8, 4) is 11.4 Å². The molecule has 40 heavy (non-hydrogen) atoms. The third-order valence-corrected chi connectivity index (χ3v) is 7.07. The molecule has 4 aromatic carbocycles. The Morgan fingerprint density at radius 1 is 0.975 bits per heavy atom. The molecule has 0 fully saturated rings. The highest BCUT2D eigenvalue weighted by Crippen LogP contribution is 2.29. The minimum Gasteiger partial charge on any atom is -0.492 e. The number of nitrogens with zero attached hydrogens (tertiary/aromatic N) is 3. The fraction of sp³-hybridized carbons (Fsp3) is 0.156. The minimum absolute atomic E-state index is 0.230. The van der Waals surface area contributed by atoms with E-state index < -0.39 is 6.04 Å². The van der Waals surface area contributed by atoms with Gasteiger partial charge in [0.15, 0.2) is 0 Å². The SMILES string of the molecule is CCOc1ccccc1-n1c(C(C)N(Cc2ccccc2)C(=O)Nc2cccc(Br)c2)nc2ccccc2c1=O. The molecule has 7 nitrogen and oxygen atoms in total. The highest BCUT2D eigenvalue weighted by atomic mass is 79.9. The van der Waals surface area contributed by atoms with E-state index >= 15 is 0 Å². The van der Waals surface area contributed by atoms with Crippen LogP contribution < -0.4 is 15.6 Å². The predicted molar refractivity (Wildman–Crippen MR) is 162 cm³/mol. The Morgan fingerprint density at radius 3 is 2.48 bits per heavy atom. The van der Waals surface area contributed by atoms with E-state index in [1.165, 1.54) is 0 Å². The van der Waals surface area contributed by atoms with Gasteiger partial charge in [-0.05, 0) is 61.9 Å². The average molecular weight is 598 g/mol. The summed E-state index contributed by atoms with van der Waals surface area (Å²) in [6, 6.07) is 30.9. The van der Waals surface area contributed by atoms with Gasteiger partial charge in [0.1, 0.15) is 11.6 Å². The lowest BCUT2D eigenvalue weighted by Gasteiger charge is -2.31. The van der Waals surface area contributed by atoms with Crippen LogP contribution in [0, 0.1) is 0 Å². The van der Waals surface area contributed by atoms with Gasteiger partial charge < -0.3 is 15.0 Å². The van der Waals surface area contributed by atoms with Gasteiger partial charge in [-0.2, -0.15) is 0 Å². The van der Waals surface area contributed by atoms with Gasteiger partial charge in [0.2, 0.25) is 0 Å². The summed E-state index contributed by atoms with van der Waals surface area (Å²) in [6.45, 7) is 4.53. The molecule has 0 bridgehead atoms. The Labute approximate surface area is 241 Å². The monoisotopic (exact) mass is 596 g/mol. The summed E-state index contributed by atoms with van der Waals surface area (Å²) < 4.78 is 8.33. The number of nitrogens with one attached hydrogen (secondary N) is 1. The van der Waals surface area contributed by atoms with Crippen molar-refractivity contribution in [2.45, 2.75) is 26.4 Å². The average Bonchev–Trinajstić information content (AvgIpc) is 2.97. The lowest BCUT2D eigenvalue weighted by molar-refractivity contribution is 0.185. The highest BCUT2D eigenvalue weighted by molar-refractivity contribution is 9.10. The molecule has 5 rings (SSSR count). The fourth-order valence-electron chi connectivity index (χ4n) is 4.65. The standard InChI is InChI=1S/C32H29BrN4O3/c1-3-40-29-19-10-9-18-28(29)37-30(35-27-17-8-7-16-26(27)31(37)38)22(2)36(21-23-12-5-4-6-13-23)32(39)34-25-15-11-14-24(33)20-25/h4-20,22H,3,21H2,1-2H3,(H,34,39). The predicted octanol–water partition coefficient (Wildman–Crippen LogP) is 7.34. The Kier molecular flexibility index (Phi) is 8.26. The number of halogens is 1. The second-order valence-corrected chi connectivity index (χ2v) is 10.2. The molecule has 1 aromatic heterocycles. The van der Waals surface area contributed by atoms with Crippen LogP contribution in [0.3, 0.4) is 0 Å². The van der Waals surface area contributed by atoms with Crippen molar-refractivity contribution < 1.29 is 9.53 Å². The van der Waals surface area contributed by atoms with Crippen molar-refractivity contribution in [3.05, 3.63) is 129 Å². The molecule has 0 spiro atoms. The van der Waals surface area contributed by atoms with Gasteiger partial charge in [0.05, 0.1) is 29.2 Å². The molecule has 1 N–H and O–H groups in total. The van der Waals surface area contributed by atoms with Crippen LogP contribution in [0.5, 0.6) is 5.75 Å². The van der Waals surface area contributed by atoms with Gasteiger partial charge in [-0.25, -0.2) is 9.78 Å². The van der Waals surface area contributed by atoms with Gasteiger partial charge in [0.25, 0.3) is 5.56 Å². The van der Waals surface area contributed by atoms with Crippen molar-refractivity contribution in [2.24, 2.45) is 0 Å². The first-order valence-electron chi connectivity index (χ1n) is 13.1. The molecule has 1 unspecified atom stereocenters. The molecule has 0 radical (unpaired) electrons. The van der Waals surface area contributed by atoms with E-state index in [1.54, 1.807) is 15.5 Å². The lowest BCUT2D eigenvalue weighted by Crippen LogP contribution is -2.39. The van der Waals surface area contributed by atoms with E-state index in [1.807, 2.05) is 111 Å². The van der Waals surface area contributed by atoms with Crippen LogP contribution in [0.4, 0.5) is 10.5 Å². The molecule has 1 atom stereocenters. The molecule has 2 amide bonds. The summed E-state index contributed by atoms with van der Waals surface area (Å²) in [7, 11) is 0. The number of hydrogen-bond acceptors (Lipinski definition) is 4. The number of fused-ring (bicyclic) bond motifs is 1. The van der Waals surface area contributed by atoms with Crippen molar-refractivity contribution in [3.63, 3.8) is 0 Å². The van der Waals surface area contributed by atoms with Crippen molar-refractivity contribution in [1.82, 2.24) is 14.5 Å². The molecular formula is C32H29BrN4O3. The van der Waals surface area contributed by atoms with E-state index in [-0.39, 0.29) is 11.6 Å². The maximum atomic E-state index is 14.0. The van der Waals surface area contributed by atoms with Gasteiger partial charge >= 0.3 is 6.03 Å². The maximum absolute atomic E-state index is 14.0. The van der Waals surface area contributed by atoms with Crippen LogP contribution in [-0.4, -0.2) is 27.1 Å². The number of urea groups is 1. The second-order valence-electron chi connectivity index (χ2n) is 9.26. The number of anilines is 1. The first-order valence-corrected chi connectivity index (χ1v) is 13.9. The number of carbonyl (C=O) groups is 1. The van der Waals surface area contributed by atoms with Crippen molar-refractivity contribution in [2.75, 3.05) is 11.9 Å². The number of benzene rings is 4. The first kappa shape index (κ1) is 27.1. The van der Waals surface area contributed by atoms with E-state index in [9.17, 15) is 9.59 Å². The molecule has 0 saturated heterocycles. The number of aromatic nitrogens is 2. The molecule has 202 valence electrons. The zero-order valence-electron chi connectivity index (χ0n) is 22.3. The largest absolute Gasteiger partial charge is 0.492 e. The summed E-state index contributed by atoms with van der Waals surface area (Å²) in [5.41, 5.74) is 2.50. The molecule has 1 heterocycles. The molecule has 0 aliphatic heterocycles. The molecule has 0 aliphatic rings. The van der Waals surface area contributed by atoms with E-state index in [4.69, 9.17) is 9.72 Å². The molecular weight excluding hydrogens is 568 g/mol. The van der Waals surface area contributed by atoms with Gasteiger partial charge in [-0.1, -0.05) is 76.6 Å². The Bertz CT molecular complexity index is 1700. The first-order chi connectivity index (χ1) is 19.5. The topological polar surface area (TPSA) is 76.5 Å². The maximum Gasteiger partial charge on any atom is 0.322 e. The molecule has 8 heteroatoms. The third-order valence-electron chi connectivity index (χ3n) is 6.58. The number of amides is 2. The van der Waals surface area contributed by atoms with Gasteiger partial charge in [-0.3, -0.25) is 9.36 Å². The number of para-hydroxylation sites is 3.